The zero-order valence-electron chi connectivity index (χ0n) is 15.7. The predicted molar refractivity (Wildman–Crippen MR) is 125 cm³/mol. The van der Waals surface area contributed by atoms with Crippen molar-refractivity contribution >= 4 is 51.6 Å². The molecule has 1 unspecified atom stereocenters. The van der Waals surface area contributed by atoms with E-state index in [1.54, 1.807) is 0 Å². The van der Waals surface area contributed by atoms with Gasteiger partial charge < -0.3 is 20.4 Å². The van der Waals surface area contributed by atoms with Crippen LogP contribution in [0.3, 0.4) is 0 Å². The van der Waals surface area contributed by atoms with E-state index < -0.39 is 0 Å². The van der Waals surface area contributed by atoms with Gasteiger partial charge in [0.2, 0.25) is 0 Å². The largest absolute Gasteiger partial charge is 0.368 e. The number of benzene rings is 1. The maximum atomic E-state index is 4.42. The van der Waals surface area contributed by atoms with Gasteiger partial charge in [-0.15, -0.1) is 24.0 Å². The second-order valence-corrected chi connectivity index (χ2v) is 8.08. The molecular weight excluding hydrogens is 505 g/mol. The molecule has 0 aromatic heterocycles. The summed E-state index contributed by atoms with van der Waals surface area (Å²) in [4.78, 5) is 9.27. The Bertz CT molecular complexity index is 589. The van der Waals surface area contributed by atoms with Gasteiger partial charge in [-0.05, 0) is 73.4 Å². The van der Waals surface area contributed by atoms with E-state index in [0.29, 0.717) is 6.04 Å². The van der Waals surface area contributed by atoms with Crippen molar-refractivity contribution in [2.45, 2.75) is 25.3 Å². The summed E-state index contributed by atoms with van der Waals surface area (Å²) in [6.07, 6.45) is 3.69. The minimum Gasteiger partial charge on any atom is -0.368 e. The van der Waals surface area contributed by atoms with E-state index >= 15 is 0 Å². The third-order valence-corrected chi connectivity index (χ3v) is 6.01. The lowest BCUT2D eigenvalue weighted by Crippen LogP contribution is -2.46. The predicted octanol–water partition coefficient (Wildman–Crippen LogP) is 3.15. The number of rotatable bonds is 4. The van der Waals surface area contributed by atoms with E-state index in [0.717, 1.165) is 37.9 Å². The van der Waals surface area contributed by atoms with Crippen LogP contribution in [0.15, 0.2) is 33.7 Å². The topological polar surface area (TPSA) is 42.9 Å². The molecule has 0 radical (unpaired) electrons. The number of para-hydroxylation sites is 1. The molecule has 26 heavy (non-hydrogen) atoms. The fourth-order valence-electron chi connectivity index (χ4n) is 3.70. The summed E-state index contributed by atoms with van der Waals surface area (Å²) in [5, 5.41) is 7.14. The number of nitrogens with zero attached hydrogens (tertiary/aromatic N) is 3. The van der Waals surface area contributed by atoms with Gasteiger partial charge in [0.25, 0.3) is 0 Å². The van der Waals surface area contributed by atoms with Crippen molar-refractivity contribution in [1.82, 2.24) is 15.5 Å². The van der Waals surface area contributed by atoms with Crippen molar-refractivity contribution in [2.75, 3.05) is 51.7 Å². The number of anilines is 1. The van der Waals surface area contributed by atoms with Crippen LogP contribution in [0.5, 0.6) is 0 Å². The average Bonchev–Trinajstić information content (AvgIpc) is 3.08. The van der Waals surface area contributed by atoms with Crippen LogP contribution in [-0.4, -0.2) is 63.7 Å². The van der Waals surface area contributed by atoms with Gasteiger partial charge in [0.1, 0.15) is 0 Å². The van der Waals surface area contributed by atoms with Crippen molar-refractivity contribution in [1.29, 1.82) is 0 Å². The van der Waals surface area contributed by atoms with Gasteiger partial charge >= 0.3 is 0 Å². The van der Waals surface area contributed by atoms with Crippen LogP contribution >= 0.6 is 39.9 Å². The van der Waals surface area contributed by atoms with Crippen LogP contribution in [0.25, 0.3) is 0 Å². The average molecular weight is 536 g/mol. The first kappa shape index (κ1) is 21.8. The number of piperidine rings is 1. The Labute approximate surface area is 183 Å². The third-order valence-electron chi connectivity index (χ3n) is 5.34. The van der Waals surface area contributed by atoms with Gasteiger partial charge in [-0.1, -0.05) is 12.1 Å². The lowest BCUT2D eigenvalue weighted by atomic mass is 9.97. The molecule has 3 rings (SSSR count). The molecule has 1 atom stereocenters. The molecule has 7 heteroatoms. The highest BCUT2D eigenvalue weighted by Crippen LogP contribution is 2.28. The number of hydrogen-bond acceptors (Lipinski definition) is 3. The minimum atomic E-state index is 0. The van der Waals surface area contributed by atoms with Gasteiger partial charge in [0.15, 0.2) is 5.96 Å². The van der Waals surface area contributed by atoms with Crippen LogP contribution in [0.1, 0.15) is 19.3 Å². The Morgan fingerprint density at radius 2 is 1.92 bits per heavy atom. The van der Waals surface area contributed by atoms with E-state index in [9.17, 15) is 0 Å². The monoisotopic (exact) mass is 535 g/mol. The van der Waals surface area contributed by atoms with Crippen molar-refractivity contribution in [2.24, 2.45) is 10.9 Å². The fourth-order valence-corrected chi connectivity index (χ4v) is 4.24. The van der Waals surface area contributed by atoms with Gasteiger partial charge in [-0.25, -0.2) is 0 Å². The van der Waals surface area contributed by atoms with Crippen LogP contribution in [0.2, 0.25) is 0 Å². The Morgan fingerprint density at radius 3 is 2.62 bits per heavy atom. The van der Waals surface area contributed by atoms with E-state index in [2.05, 4.69) is 72.7 Å². The quantitative estimate of drug-likeness (QED) is 0.353. The highest BCUT2D eigenvalue weighted by atomic mass is 127. The third kappa shape index (κ3) is 5.99. The molecule has 2 aliphatic rings. The highest BCUT2D eigenvalue weighted by Gasteiger charge is 2.25. The molecule has 1 aromatic carbocycles. The molecule has 2 fully saturated rings. The smallest absolute Gasteiger partial charge is 0.191 e. The second-order valence-electron chi connectivity index (χ2n) is 7.23. The maximum Gasteiger partial charge on any atom is 0.191 e. The SMILES string of the molecule is CN=C(NCC1CCN(C)CC1)NC1CCN(c2ccccc2Br)C1.I. The molecule has 0 aliphatic carbocycles. The second kappa shape index (κ2) is 10.7. The van der Waals surface area contributed by atoms with Crippen LogP contribution < -0.4 is 15.5 Å². The van der Waals surface area contributed by atoms with Crippen molar-refractivity contribution in [3.8, 4) is 0 Å². The number of halogens is 2. The number of nitrogens with one attached hydrogen (secondary N) is 2. The molecule has 2 saturated heterocycles. The molecule has 1 aromatic rings. The van der Waals surface area contributed by atoms with Crippen LogP contribution in [0.4, 0.5) is 5.69 Å². The molecule has 146 valence electrons. The molecule has 2 N–H and O–H groups in total. The first-order chi connectivity index (χ1) is 12.2. The molecule has 0 amide bonds. The van der Waals surface area contributed by atoms with Crippen molar-refractivity contribution in [3.05, 3.63) is 28.7 Å². The summed E-state index contributed by atoms with van der Waals surface area (Å²) in [6, 6.07) is 8.89. The summed E-state index contributed by atoms with van der Waals surface area (Å²) in [5.74, 6) is 1.70. The maximum absolute atomic E-state index is 4.42. The van der Waals surface area contributed by atoms with Gasteiger partial charge in [-0.3, -0.25) is 4.99 Å². The summed E-state index contributed by atoms with van der Waals surface area (Å²) in [6.45, 7) is 5.53. The van der Waals surface area contributed by atoms with Gasteiger partial charge in [0.05, 0.1) is 5.69 Å². The number of likely N-dealkylation sites (tertiary alicyclic amines) is 1. The highest BCUT2D eigenvalue weighted by molar-refractivity contribution is 14.0. The van der Waals surface area contributed by atoms with E-state index in [1.165, 1.54) is 36.1 Å². The Kier molecular flexibility index (Phi) is 8.96. The molecule has 0 spiro atoms. The lowest BCUT2D eigenvalue weighted by molar-refractivity contribution is 0.220. The van der Waals surface area contributed by atoms with Crippen LogP contribution in [0, 0.1) is 5.92 Å². The van der Waals surface area contributed by atoms with E-state index in [-0.39, 0.29) is 24.0 Å². The molecule has 0 saturated carbocycles. The minimum absolute atomic E-state index is 0. The van der Waals surface area contributed by atoms with Crippen molar-refractivity contribution in [3.63, 3.8) is 0 Å². The summed E-state index contributed by atoms with van der Waals surface area (Å²) in [7, 11) is 4.07. The summed E-state index contributed by atoms with van der Waals surface area (Å²) >= 11 is 3.66. The standard InChI is InChI=1S/C19H30BrN5.HI/c1-21-19(22-13-15-7-10-24(2)11-8-15)23-16-9-12-25(14-16)18-6-4-3-5-17(18)20;/h3-6,15-16H,7-14H2,1-2H3,(H2,21,22,23);1H. The zero-order chi connectivity index (χ0) is 17.6. The van der Waals surface area contributed by atoms with Crippen molar-refractivity contribution < 1.29 is 0 Å². The van der Waals surface area contributed by atoms with Gasteiger partial charge in [-0.2, -0.15) is 0 Å². The fraction of sp³-hybridized carbons (Fsp3) is 0.632. The summed E-state index contributed by atoms with van der Waals surface area (Å²) < 4.78 is 1.17. The zero-order valence-corrected chi connectivity index (χ0v) is 19.7. The summed E-state index contributed by atoms with van der Waals surface area (Å²) in [5.41, 5.74) is 1.28. The number of aliphatic imine (C=N–C) groups is 1. The number of hydrogen-bond donors (Lipinski definition) is 2. The molecule has 2 heterocycles. The lowest BCUT2D eigenvalue weighted by Gasteiger charge is -2.29. The van der Waals surface area contributed by atoms with E-state index in [4.69, 9.17) is 0 Å². The number of guanidine groups is 1. The Morgan fingerprint density at radius 1 is 1.19 bits per heavy atom. The Hall–Kier alpha value is -0.540. The molecule has 2 aliphatic heterocycles. The van der Waals surface area contributed by atoms with Gasteiger partial charge in [0, 0.05) is 37.2 Å². The molecular formula is C19H31BrIN5. The van der Waals surface area contributed by atoms with Crippen LogP contribution in [-0.2, 0) is 0 Å². The van der Waals surface area contributed by atoms with E-state index in [1.807, 2.05) is 7.05 Å². The molecule has 0 bridgehead atoms. The molecule has 5 nitrogen and oxygen atoms in total. The first-order valence-electron chi connectivity index (χ1n) is 9.31. The first-order valence-corrected chi connectivity index (χ1v) is 10.1. The normalized spacial score (nSPS) is 22.2. The Balaban J connectivity index is 0.00000243.